The Kier molecular flexibility index (Phi) is 7.16. The molecule has 0 radical (unpaired) electrons. The molecule has 1 N–H and O–H groups in total. The number of aliphatic carboxylic acids is 1. The molecule has 6 heteroatoms. The van der Waals surface area contributed by atoms with E-state index >= 15 is 0 Å². The van der Waals surface area contributed by atoms with Gasteiger partial charge in [0.1, 0.15) is 11.3 Å². The number of carbonyl (C=O) groups is 1. The average molecular weight is 459 g/mol. The predicted octanol–water partition coefficient (Wildman–Crippen LogP) is 5.75. The maximum absolute atomic E-state index is 11.4. The first-order chi connectivity index (χ1) is 16.4. The minimum absolute atomic E-state index is 0.544. The molecule has 0 fully saturated rings. The SMILES string of the molecule is CC(C)(Oc1cccc(CCN(CCCc2ccccc2)c2nc3ccccc3o2)c1)C(=O)O. The van der Waals surface area contributed by atoms with Crippen LogP contribution in [0.1, 0.15) is 31.4 Å². The second-order valence-electron chi connectivity index (χ2n) is 8.86. The Hall–Kier alpha value is -3.80. The first-order valence-electron chi connectivity index (χ1n) is 11.6. The number of aryl methyl sites for hydroxylation is 1. The summed E-state index contributed by atoms with van der Waals surface area (Å²) in [7, 11) is 0. The highest BCUT2D eigenvalue weighted by Gasteiger charge is 2.29. The van der Waals surface area contributed by atoms with Crippen molar-refractivity contribution in [3.63, 3.8) is 0 Å². The number of fused-ring (bicyclic) bond motifs is 1. The van der Waals surface area contributed by atoms with Crippen molar-refractivity contribution < 1.29 is 19.1 Å². The number of anilines is 1. The molecular weight excluding hydrogens is 428 g/mol. The van der Waals surface area contributed by atoms with Crippen molar-refractivity contribution in [2.24, 2.45) is 0 Å². The molecule has 4 rings (SSSR count). The molecule has 6 nitrogen and oxygen atoms in total. The van der Waals surface area contributed by atoms with E-state index in [2.05, 4.69) is 29.2 Å². The van der Waals surface area contributed by atoms with Crippen molar-refractivity contribution in [2.75, 3.05) is 18.0 Å². The third-order valence-electron chi connectivity index (χ3n) is 5.75. The molecule has 0 bridgehead atoms. The first-order valence-corrected chi connectivity index (χ1v) is 11.6. The van der Waals surface area contributed by atoms with Crippen LogP contribution in [0.5, 0.6) is 5.75 Å². The van der Waals surface area contributed by atoms with Gasteiger partial charge in [-0.25, -0.2) is 4.79 Å². The zero-order valence-electron chi connectivity index (χ0n) is 19.6. The highest BCUT2D eigenvalue weighted by atomic mass is 16.5. The van der Waals surface area contributed by atoms with Crippen LogP contribution in [0.2, 0.25) is 0 Å². The number of carboxylic acid groups (broad SMARTS) is 1. The molecule has 0 aliphatic rings. The van der Waals surface area contributed by atoms with E-state index < -0.39 is 11.6 Å². The summed E-state index contributed by atoms with van der Waals surface area (Å²) in [6.07, 6.45) is 2.69. The highest BCUT2D eigenvalue weighted by Crippen LogP contribution is 2.24. The third kappa shape index (κ3) is 5.95. The Balaban J connectivity index is 1.47. The van der Waals surface area contributed by atoms with E-state index in [0.717, 1.165) is 42.5 Å². The zero-order valence-corrected chi connectivity index (χ0v) is 19.6. The largest absolute Gasteiger partial charge is 0.478 e. The lowest BCUT2D eigenvalue weighted by atomic mass is 10.1. The summed E-state index contributed by atoms with van der Waals surface area (Å²) in [5.41, 5.74) is 2.70. The van der Waals surface area contributed by atoms with Gasteiger partial charge in [0.2, 0.25) is 0 Å². The lowest BCUT2D eigenvalue weighted by Gasteiger charge is -2.23. The predicted molar refractivity (Wildman–Crippen MR) is 133 cm³/mol. The minimum Gasteiger partial charge on any atom is -0.478 e. The fourth-order valence-electron chi connectivity index (χ4n) is 3.78. The fourth-order valence-corrected chi connectivity index (χ4v) is 3.78. The van der Waals surface area contributed by atoms with Gasteiger partial charge in [0, 0.05) is 13.1 Å². The molecule has 0 saturated carbocycles. The number of para-hydroxylation sites is 2. The van der Waals surface area contributed by atoms with E-state index in [9.17, 15) is 9.90 Å². The monoisotopic (exact) mass is 458 g/mol. The van der Waals surface area contributed by atoms with E-state index in [1.807, 2.05) is 48.5 Å². The maximum atomic E-state index is 11.4. The van der Waals surface area contributed by atoms with Crippen molar-refractivity contribution in [2.45, 2.75) is 38.7 Å². The van der Waals surface area contributed by atoms with Gasteiger partial charge < -0.3 is 19.2 Å². The van der Waals surface area contributed by atoms with Crippen molar-refractivity contribution in [3.8, 4) is 5.75 Å². The van der Waals surface area contributed by atoms with E-state index in [0.29, 0.717) is 18.3 Å². The van der Waals surface area contributed by atoms with Crippen LogP contribution in [0.4, 0.5) is 6.01 Å². The van der Waals surface area contributed by atoms with Gasteiger partial charge in [-0.05, 0) is 68.5 Å². The van der Waals surface area contributed by atoms with Crippen LogP contribution >= 0.6 is 0 Å². The molecule has 0 aliphatic carbocycles. The van der Waals surface area contributed by atoms with Crippen molar-refractivity contribution in [1.82, 2.24) is 4.98 Å². The first kappa shape index (κ1) is 23.4. The fraction of sp³-hybridized carbons (Fsp3) is 0.286. The molecule has 176 valence electrons. The quantitative estimate of drug-likeness (QED) is 0.308. The minimum atomic E-state index is -1.29. The lowest BCUT2D eigenvalue weighted by Crippen LogP contribution is -2.37. The van der Waals surface area contributed by atoms with Gasteiger partial charge in [-0.2, -0.15) is 4.98 Å². The second-order valence-corrected chi connectivity index (χ2v) is 8.86. The van der Waals surface area contributed by atoms with Gasteiger partial charge in [0.15, 0.2) is 11.2 Å². The molecule has 3 aromatic carbocycles. The van der Waals surface area contributed by atoms with Gasteiger partial charge in [0.25, 0.3) is 6.01 Å². The average Bonchev–Trinajstić information content (AvgIpc) is 3.26. The van der Waals surface area contributed by atoms with Gasteiger partial charge >= 0.3 is 5.97 Å². The number of hydrogen-bond donors (Lipinski definition) is 1. The molecule has 0 aliphatic heterocycles. The summed E-state index contributed by atoms with van der Waals surface area (Å²) in [6, 6.07) is 26.5. The number of rotatable bonds is 11. The van der Waals surface area contributed by atoms with Crippen LogP contribution in [0.3, 0.4) is 0 Å². The Labute approximate surface area is 199 Å². The van der Waals surface area contributed by atoms with Crippen LogP contribution < -0.4 is 9.64 Å². The van der Waals surface area contributed by atoms with Crippen LogP contribution in [-0.2, 0) is 17.6 Å². The van der Waals surface area contributed by atoms with E-state index in [1.54, 1.807) is 19.9 Å². The molecule has 0 atom stereocenters. The van der Waals surface area contributed by atoms with Gasteiger partial charge in [-0.1, -0.05) is 54.6 Å². The number of nitrogens with zero attached hydrogens (tertiary/aromatic N) is 2. The van der Waals surface area contributed by atoms with Gasteiger partial charge in [-0.3, -0.25) is 0 Å². The normalized spacial score (nSPS) is 11.5. The molecule has 1 heterocycles. The Morgan fingerprint density at radius 1 is 0.941 bits per heavy atom. The summed E-state index contributed by atoms with van der Waals surface area (Å²) >= 11 is 0. The summed E-state index contributed by atoms with van der Waals surface area (Å²) < 4.78 is 11.8. The maximum Gasteiger partial charge on any atom is 0.347 e. The van der Waals surface area contributed by atoms with Crippen LogP contribution in [0, 0.1) is 0 Å². The summed E-state index contributed by atoms with van der Waals surface area (Å²) in [5, 5.41) is 9.35. The molecule has 0 unspecified atom stereocenters. The smallest absolute Gasteiger partial charge is 0.347 e. The highest BCUT2D eigenvalue weighted by molar-refractivity contribution is 5.76. The van der Waals surface area contributed by atoms with Gasteiger partial charge in [0.05, 0.1) is 0 Å². The van der Waals surface area contributed by atoms with Crippen LogP contribution in [0.25, 0.3) is 11.1 Å². The number of ether oxygens (including phenoxy) is 1. The van der Waals surface area contributed by atoms with Crippen molar-refractivity contribution in [1.29, 1.82) is 0 Å². The van der Waals surface area contributed by atoms with Crippen molar-refractivity contribution in [3.05, 3.63) is 90.0 Å². The topological polar surface area (TPSA) is 75.8 Å². The van der Waals surface area contributed by atoms with Crippen LogP contribution in [0.15, 0.2) is 83.3 Å². The van der Waals surface area contributed by atoms with E-state index in [-0.39, 0.29) is 0 Å². The van der Waals surface area contributed by atoms with E-state index in [4.69, 9.17) is 14.1 Å². The molecule has 4 aromatic rings. The standard InChI is InChI=1S/C28H30N2O4/c1-28(2,26(31)32)34-23-14-8-12-22(20-23)17-19-30(18-9-13-21-10-4-3-5-11-21)27-29-24-15-6-7-16-25(24)33-27/h3-8,10-12,14-16,20H,9,13,17-19H2,1-2H3,(H,31,32). The second kappa shape index (κ2) is 10.4. The number of carboxylic acids is 1. The Bertz CT molecular complexity index is 1200. The summed E-state index contributed by atoms with van der Waals surface area (Å²) in [6.45, 7) is 4.62. The number of benzene rings is 3. The molecule has 0 amide bonds. The molecular formula is C28H30N2O4. The summed E-state index contributed by atoms with van der Waals surface area (Å²) in [4.78, 5) is 18.3. The van der Waals surface area contributed by atoms with Gasteiger partial charge in [-0.15, -0.1) is 0 Å². The number of aromatic nitrogens is 1. The number of hydrogen-bond acceptors (Lipinski definition) is 5. The Morgan fingerprint density at radius 2 is 1.68 bits per heavy atom. The third-order valence-corrected chi connectivity index (χ3v) is 5.75. The van der Waals surface area contributed by atoms with Crippen LogP contribution in [-0.4, -0.2) is 34.8 Å². The van der Waals surface area contributed by atoms with Crippen molar-refractivity contribution >= 4 is 23.1 Å². The molecule has 34 heavy (non-hydrogen) atoms. The zero-order chi connectivity index (χ0) is 24.0. The van der Waals surface area contributed by atoms with E-state index in [1.165, 1.54) is 5.56 Å². The Morgan fingerprint density at radius 3 is 2.44 bits per heavy atom. The molecule has 0 saturated heterocycles. The number of oxazole rings is 1. The summed E-state index contributed by atoms with van der Waals surface area (Å²) in [5.74, 6) is -0.458. The molecule has 1 aromatic heterocycles. The molecule has 0 spiro atoms. The lowest BCUT2D eigenvalue weighted by molar-refractivity contribution is -0.152.